The van der Waals surface area contributed by atoms with E-state index < -0.39 is 6.04 Å². The average Bonchev–Trinajstić information content (AvgIpc) is 2.84. The molecule has 3 rings (SSSR count). The lowest BCUT2D eigenvalue weighted by atomic mass is 10.0. The van der Waals surface area contributed by atoms with Gasteiger partial charge in [-0.05, 0) is 35.7 Å². The Kier molecular flexibility index (Phi) is 10.3. The highest BCUT2D eigenvalue weighted by Gasteiger charge is 2.30. The summed E-state index contributed by atoms with van der Waals surface area (Å²) in [6.45, 7) is 2.73. The topological polar surface area (TPSA) is 49.4 Å². The van der Waals surface area contributed by atoms with Gasteiger partial charge in [0.1, 0.15) is 6.04 Å². The van der Waals surface area contributed by atoms with E-state index in [9.17, 15) is 9.59 Å². The van der Waals surface area contributed by atoms with Gasteiger partial charge in [0.05, 0.1) is 5.75 Å². The zero-order valence-electron chi connectivity index (χ0n) is 19.0. The zero-order chi connectivity index (χ0) is 24.3. The first kappa shape index (κ1) is 26.1. The van der Waals surface area contributed by atoms with Gasteiger partial charge in [0.25, 0.3) is 0 Å². The number of thioether (sulfide) groups is 1. The number of rotatable bonds is 11. The maximum atomic E-state index is 13.5. The summed E-state index contributed by atoms with van der Waals surface area (Å²) in [5, 5.41) is 4.07. The fourth-order valence-electron chi connectivity index (χ4n) is 3.62. The van der Waals surface area contributed by atoms with Crippen molar-refractivity contribution in [2.24, 2.45) is 0 Å². The molecule has 3 aromatic rings. The lowest BCUT2D eigenvalue weighted by molar-refractivity contribution is -0.139. The van der Waals surface area contributed by atoms with Crippen LogP contribution in [0.3, 0.4) is 0 Å². The third-order valence-corrected chi connectivity index (χ3v) is 7.00. The predicted octanol–water partition coefficient (Wildman–Crippen LogP) is 6.00. The minimum Gasteiger partial charge on any atom is -0.355 e. The molecule has 0 saturated heterocycles. The predicted molar refractivity (Wildman–Crippen MR) is 142 cm³/mol. The molecule has 7 heteroatoms. The van der Waals surface area contributed by atoms with Gasteiger partial charge in [-0.1, -0.05) is 89.9 Å². The van der Waals surface area contributed by atoms with Gasteiger partial charge in [0, 0.05) is 35.3 Å². The quantitative estimate of drug-likeness (QED) is 0.341. The highest BCUT2D eigenvalue weighted by Crippen LogP contribution is 2.28. The third-order valence-electron chi connectivity index (χ3n) is 5.35. The second-order valence-electron chi connectivity index (χ2n) is 7.80. The van der Waals surface area contributed by atoms with Crippen LogP contribution in [0.5, 0.6) is 0 Å². The second-order valence-corrected chi connectivity index (χ2v) is 9.60. The molecule has 0 fully saturated rings. The van der Waals surface area contributed by atoms with Crippen molar-refractivity contribution in [3.05, 3.63) is 106 Å². The second kappa shape index (κ2) is 13.4. The van der Waals surface area contributed by atoms with E-state index in [0.717, 1.165) is 16.7 Å². The van der Waals surface area contributed by atoms with Crippen LogP contribution in [-0.2, 0) is 28.3 Å². The Bertz CT molecular complexity index is 1060. The van der Waals surface area contributed by atoms with Crippen LogP contribution in [0.15, 0.2) is 78.9 Å². The van der Waals surface area contributed by atoms with Crippen LogP contribution < -0.4 is 5.32 Å². The Morgan fingerprint density at radius 2 is 1.47 bits per heavy atom. The fourth-order valence-corrected chi connectivity index (χ4v) is 5.27. The minimum atomic E-state index is -0.625. The third kappa shape index (κ3) is 7.52. The Morgan fingerprint density at radius 3 is 2.06 bits per heavy atom. The molecular weight excluding hydrogens is 487 g/mol. The molecule has 4 nitrogen and oxygen atoms in total. The number of hydrogen-bond acceptors (Lipinski definition) is 3. The summed E-state index contributed by atoms with van der Waals surface area (Å²) in [7, 11) is 0. The molecule has 178 valence electrons. The number of hydrogen-bond donors (Lipinski definition) is 1. The van der Waals surface area contributed by atoms with Gasteiger partial charge in [-0.25, -0.2) is 0 Å². The Balaban J connectivity index is 1.82. The Hall–Kier alpha value is -2.47. The van der Waals surface area contributed by atoms with Gasteiger partial charge in [0.15, 0.2) is 0 Å². The standard InChI is InChI=1S/C27H28Cl2N2O2S/c1-2-30-27(33)25(16-20-10-5-3-6-11-20)31(17-21-12-7-4-8-13-21)26(32)19-34-18-22-23(28)14-9-15-24(22)29/h3-15,25H,2,16-19H2,1H3,(H,30,33)/t25-/m1/s1. The molecule has 0 aliphatic carbocycles. The summed E-state index contributed by atoms with van der Waals surface area (Å²) in [4.78, 5) is 28.3. The summed E-state index contributed by atoms with van der Waals surface area (Å²) < 4.78 is 0. The normalized spacial score (nSPS) is 11.6. The minimum absolute atomic E-state index is 0.107. The maximum absolute atomic E-state index is 13.5. The summed E-state index contributed by atoms with van der Waals surface area (Å²) in [6.07, 6.45) is 0.437. The number of nitrogens with zero attached hydrogens (tertiary/aromatic N) is 1. The molecule has 1 N–H and O–H groups in total. The van der Waals surface area contributed by atoms with Crippen molar-refractivity contribution in [3.8, 4) is 0 Å². The van der Waals surface area contributed by atoms with Crippen LogP contribution in [0.25, 0.3) is 0 Å². The van der Waals surface area contributed by atoms with Crippen LogP contribution in [0.1, 0.15) is 23.6 Å². The number of amides is 2. The van der Waals surface area contributed by atoms with Crippen LogP contribution in [0.4, 0.5) is 0 Å². The number of likely N-dealkylation sites (N-methyl/N-ethyl adjacent to an activating group) is 1. The van der Waals surface area contributed by atoms with Crippen LogP contribution in [0.2, 0.25) is 10.0 Å². The lowest BCUT2D eigenvalue weighted by Crippen LogP contribution is -2.51. The van der Waals surface area contributed by atoms with E-state index in [-0.39, 0.29) is 17.6 Å². The molecule has 0 spiro atoms. The van der Waals surface area contributed by atoms with E-state index in [2.05, 4.69) is 5.32 Å². The zero-order valence-corrected chi connectivity index (χ0v) is 21.4. The van der Waals surface area contributed by atoms with E-state index >= 15 is 0 Å². The first-order valence-electron chi connectivity index (χ1n) is 11.1. The van der Waals surface area contributed by atoms with E-state index in [1.165, 1.54) is 11.8 Å². The van der Waals surface area contributed by atoms with Crippen molar-refractivity contribution in [2.75, 3.05) is 12.3 Å². The average molecular weight is 516 g/mol. The molecule has 0 radical (unpaired) electrons. The van der Waals surface area contributed by atoms with Gasteiger partial charge in [-0.15, -0.1) is 11.8 Å². The van der Waals surface area contributed by atoms with E-state index in [1.807, 2.05) is 67.6 Å². The Morgan fingerprint density at radius 1 is 0.882 bits per heavy atom. The first-order valence-corrected chi connectivity index (χ1v) is 13.1. The molecule has 0 aliphatic heterocycles. The highest BCUT2D eigenvalue weighted by atomic mass is 35.5. The van der Waals surface area contributed by atoms with Crippen LogP contribution in [-0.4, -0.2) is 35.1 Å². The molecular formula is C27H28Cl2N2O2S. The molecule has 34 heavy (non-hydrogen) atoms. The van der Waals surface area contributed by atoms with Crippen molar-refractivity contribution >= 4 is 46.8 Å². The molecule has 0 aromatic heterocycles. The van der Waals surface area contributed by atoms with Crippen LogP contribution in [0, 0.1) is 0 Å². The van der Waals surface area contributed by atoms with E-state index in [4.69, 9.17) is 23.2 Å². The molecule has 2 amide bonds. The van der Waals surface area contributed by atoms with E-state index in [0.29, 0.717) is 35.3 Å². The highest BCUT2D eigenvalue weighted by molar-refractivity contribution is 7.99. The summed E-state index contributed by atoms with van der Waals surface area (Å²) >= 11 is 14.0. The van der Waals surface area contributed by atoms with Crippen molar-refractivity contribution < 1.29 is 9.59 Å². The van der Waals surface area contributed by atoms with Gasteiger partial charge in [-0.2, -0.15) is 0 Å². The molecule has 1 atom stereocenters. The SMILES string of the molecule is CCNC(=O)[C@@H](Cc1ccccc1)N(Cc1ccccc1)C(=O)CSCc1c(Cl)cccc1Cl. The van der Waals surface area contributed by atoms with Crippen molar-refractivity contribution in [1.29, 1.82) is 0 Å². The number of carbonyl (C=O) groups excluding carboxylic acids is 2. The lowest BCUT2D eigenvalue weighted by Gasteiger charge is -2.31. The number of nitrogens with one attached hydrogen (secondary N) is 1. The maximum Gasteiger partial charge on any atom is 0.243 e. The van der Waals surface area contributed by atoms with Crippen molar-refractivity contribution in [1.82, 2.24) is 10.2 Å². The van der Waals surface area contributed by atoms with E-state index in [1.54, 1.807) is 23.1 Å². The van der Waals surface area contributed by atoms with Crippen molar-refractivity contribution in [2.45, 2.75) is 31.7 Å². The van der Waals surface area contributed by atoms with Crippen LogP contribution >= 0.6 is 35.0 Å². The fraction of sp³-hybridized carbons (Fsp3) is 0.259. The van der Waals surface area contributed by atoms with Gasteiger partial charge < -0.3 is 10.2 Å². The summed E-state index contributed by atoms with van der Waals surface area (Å²) in [5.74, 6) is 0.450. The summed E-state index contributed by atoms with van der Waals surface area (Å²) in [5.41, 5.74) is 2.78. The summed E-state index contributed by atoms with van der Waals surface area (Å²) in [6, 6.07) is 24.3. The molecule has 0 bridgehead atoms. The smallest absolute Gasteiger partial charge is 0.243 e. The number of halogens is 2. The largest absolute Gasteiger partial charge is 0.355 e. The van der Waals surface area contributed by atoms with Gasteiger partial charge >= 0.3 is 0 Å². The molecule has 0 aliphatic rings. The molecule has 0 unspecified atom stereocenters. The van der Waals surface area contributed by atoms with Gasteiger partial charge in [-0.3, -0.25) is 9.59 Å². The van der Waals surface area contributed by atoms with Crippen molar-refractivity contribution in [3.63, 3.8) is 0 Å². The molecule has 0 heterocycles. The monoisotopic (exact) mass is 514 g/mol. The first-order chi connectivity index (χ1) is 16.5. The Labute approximate surface area is 215 Å². The molecule has 0 saturated carbocycles. The molecule has 3 aromatic carbocycles. The number of benzene rings is 3. The number of carbonyl (C=O) groups is 2. The van der Waals surface area contributed by atoms with Gasteiger partial charge in [0.2, 0.25) is 11.8 Å².